The molecule has 0 radical (unpaired) electrons. The molecule has 0 aromatic carbocycles. The number of rotatable bonds is 2. The van der Waals surface area contributed by atoms with Crippen molar-refractivity contribution < 1.29 is 0 Å². The van der Waals surface area contributed by atoms with Crippen LogP contribution in [0.2, 0.25) is 0 Å². The summed E-state index contributed by atoms with van der Waals surface area (Å²) in [6.07, 6.45) is 1.81. The van der Waals surface area contributed by atoms with Gasteiger partial charge in [0, 0.05) is 25.3 Å². The van der Waals surface area contributed by atoms with Crippen LogP contribution in [-0.4, -0.2) is 22.6 Å². The van der Waals surface area contributed by atoms with Crippen molar-refractivity contribution in [1.29, 1.82) is 0 Å². The Bertz CT molecular complexity index is 365. The molecule has 0 N–H and O–H groups in total. The molecule has 0 bridgehead atoms. The van der Waals surface area contributed by atoms with Crippen molar-refractivity contribution in [2.45, 2.75) is 19.9 Å². The Kier molecular flexibility index (Phi) is 1.83. The second kappa shape index (κ2) is 2.87. The standard InChI is InChI=1S/C9H13N3O/c1-7(2)12-4-3-8(10-9(12)13)11-5-6-11/h3-4,7H,5-6H2,1-2H3. The monoisotopic (exact) mass is 179 g/mol. The molecule has 0 aliphatic carbocycles. The van der Waals surface area contributed by atoms with Gasteiger partial charge in [0.2, 0.25) is 0 Å². The Morgan fingerprint density at radius 2 is 2.15 bits per heavy atom. The second-order valence-electron chi connectivity index (χ2n) is 3.56. The summed E-state index contributed by atoms with van der Waals surface area (Å²) in [7, 11) is 0. The van der Waals surface area contributed by atoms with Crippen LogP contribution in [0.1, 0.15) is 19.9 Å². The third-order valence-corrected chi connectivity index (χ3v) is 2.14. The van der Waals surface area contributed by atoms with Crippen molar-refractivity contribution in [2.75, 3.05) is 18.0 Å². The zero-order valence-corrected chi connectivity index (χ0v) is 7.90. The third kappa shape index (κ3) is 1.56. The minimum atomic E-state index is -0.153. The highest BCUT2D eigenvalue weighted by atomic mass is 16.1. The zero-order valence-electron chi connectivity index (χ0n) is 7.90. The SMILES string of the molecule is CC(C)n1ccc(N2CC2)nc1=O. The summed E-state index contributed by atoms with van der Waals surface area (Å²) in [6.45, 7) is 6.00. The molecule has 0 unspecified atom stereocenters. The van der Waals surface area contributed by atoms with Gasteiger partial charge in [-0.05, 0) is 19.9 Å². The highest BCUT2D eigenvalue weighted by Crippen LogP contribution is 2.15. The molecule has 1 aromatic heterocycles. The lowest BCUT2D eigenvalue weighted by Gasteiger charge is -2.09. The number of aromatic nitrogens is 2. The van der Waals surface area contributed by atoms with Gasteiger partial charge in [0.15, 0.2) is 0 Å². The lowest BCUT2D eigenvalue weighted by atomic mass is 10.4. The van der Waals surface area contributed by atoms with Crippen LogP contribution in [-0.2, 0) is 0 Å². The Labute approximate surface area is 76.8 Å². The molecule has 1 aliphatic rings. The first-order valence-corrected chi connectivity index (χ1v) is 4.52. The highest BCUT2D eigenvalue weighted by Gasteiger charge is 2.19. The molecule has 2 heterocycles. The summed E-state index contributed by atoms with van der Waals surface area (Å²) < 4.78 is 1.63. The third-order valence-electron chi connectivity index (χ3n) is 2.14. The summed E-state index contributed by atoms with van der Waals surface area (Å²) in [5, 5.41) is 0. The fourth-order valence-corrected chi connectivity index (χ4v) is 1.25. The van der Waals surface area contributed by atoms with Crippen molar-refractivity contribution in [3.63, 3.8) is 0 Å². The minimum absolute atomic E-state index is 0.153. The van der Waals surface area contributed by atoms with E-state index in [1.54, 1.807) is 4.57 Å². The molecule has 0 saturated carbocycles. The predicted molar refractivity (Wildman–Crippen MR) is 51.1 cm³/mol. The molecule has 1 saturated heterocycles. The van der Waals surface area contributed by atoms with E-state index >= 15 is 0 Å². The smallest absolute Gasteiger partial charge is 0.349 e. The first-order valence-electron chi connectivity index (χ1n) is 4.52. The van der Waals surface area contributed by atoms with Crippen LogP contribution >= 0.6 is 0 Å². The normalized spacial score (nSPS) is 15.2. The van der Waals surface area contributed by atoms with Crippen molar-refractivity contribution in [3.05, 3.63) is 22.7 Å². The molecular formula is C9H13N3O. The lowest BCUT2D eigenvalue weighted by Crippen LogP contribution is -2.24. The van der Waals surface area contributed by atoms with Crippen molar-refractivity contribution >= 4 is 5.82 Å². The van der Waals surface area contributed by atoms with E-state index in [4.69, 9.17) is 0 Å². The second-order valence-corrected chi connectivity index (χ2v) is 3.56. The van der Waals surface area contributed by atoms with Gasteiger partial charge in [-0.15, -0.1) is 0 Å². The number of nitrogens with zero attached hydrogens (tertiary/aromatic N) is 3. The summed E-state index contributed by atoms with van der Waals surface area (Å²) in [4.78, 5) is 17.5. The molecule has 13 heavy (non-hydrogen) atoms. The van der Waals surface area contributed by atoms with Gasteiger partial charge in [-0.2, -0.15) is 4.98 Å². The molecule has 1 aliphatic heterocycles. The zero-order chi connectivity index (χ0) is 9.42. The average Bonchev–Trinajstić information content (AvgIpc) is 2.85. The molecule has 1 fully saturated rings. The van der Waals surface area contributed by atoms with Crippen molar-refractivity contribution in [1.82, 2.24) is 9.55 Å². The Balaban J connectivity index is 2.37. The average molecular weight is 179 g/mol. The maximum atomic E-state index is 11.4. The molecule has 2 rings (SSSR count). The van der Waals surface area contributed by atoms with E-state index in [0.717, 1.165) is 18.9 Å². The molecular weight excluding hydrogens is 166 g/mol. The first-order chi connectivity index (χ1) is 6.18. The quantitative estimate of drug-likeness (QED) is 0.625. The number of hydrogen-bond acceptors (Lipinski definition) is 3. The molecule has 0 atom stereocenters. The largest absolute Gasteiger partial charge is 0.353 e. The van der Waals surface area contributed by atoms with E-state index in [9.17, 15) is 4.79 Å². The molecule has 1 aromatic rings. The summed E-state index contributed by atoms with van der Waals surface area (Å²) in [5.41, 5.74) is -0.153. The van der Waals surface area contributed by atoms with Crippen LogP contribution in [0.5, 0.6) is 0 Å². The van der Waals surface area contributed by atoms with E-state index in [1.165, 1.54) is 0 Å². The van der Waals surface area contributed by atoms with Gasteiger partial charge in [-0.3, -0.25) is 4.57 Å². The number of anilines is 1. The van der Waals surface area contributed by atoms with E-state index in [-0.39, 0.29) is 11.7 Å². The molecule has 4 nitrogen and oxygen atoms in total. The van der Waals surface area contributed by atoms with E-state index in [1.807, 2.05) is 26.1 Å². The maximum absolute atomic E-state index is 11.4. The van der Waals surface area contributed by atoms with Crippen LogP contribution < -0.4 is 10.6 Å². The lowest BCUT2D eigenvalue weighted by molar-refractivity contribution is 0.564. The summed E-state index contributed by atoms with van der Waals surface area (Å²) in [5.74, 6) is 0.807. The van der Waals surface area contributed by atoms with Crippen LogP contribution in [0.4, 0.5) is 5.82 Å². The molecule has 0 spiro atoms. The van der Waals surface area contributed by atoms with Crippen molar-refractivity contribution in [2.24, 2.45) is 0 Å². The Hall–Kier alpha value is -1.32. The fourth-order valence-electron chi connectivity index (χ4n) is 1.25. The minimum Gasteiger partial charge on any atom is -0.353 e. The van der Waals surface area contributed by atoms with Crippen LogP contribution in [0.15, 0.2) is 17.1 Å². The van der Waals surface area contributed by atoms with Crippen LogP contribution in [0.25, 0.3) is 0 Å². The maximum Gasteiger partial charge on any atom is 0.349 e. The molecule has 4 heteroatoms. The van der Waals surface area contributed by atoms with E-state index < -0.39 is 0 Å². The van der Waals surface area contributed by atoms with E-state index in [2.05, 4.69) is 9.88 Å². The highest BCUT2D eigenvalue weighted by molar-refractivity contribution is 5.42. The van der Waals surface area contributed by atoms with Gasteiger partial charge in [0.25, 0.3) is 0 Å². The first kappa shape index (κ1) is 8.29. The predicted octanol–water partition coefficient (Wildman–Crippen LogP) is 0.644. The van der Waals surface area contributed by atoms with Crippen LogP contribution in [0, 0.1) is 0 Å². The summed E-state index contributed by atoms with van der Waals surface area (Å²) in [6, 6.07) is 2.08. The van der Waals surface area contributed by atoms with Gasteiger partial charge in [-0.25, -0.2) is 4.79 Å². The fraction of sp³-hybridized carbons (Fsp3) is 0.556. The van der Waals surface area contributed by atoms with Crippen molar-refractivity contribution in [3.8, 4) is 0 Å². The summed E-state index contributed by atoms with van der Waals surface area (Å²) >= 11 is 0. The Morgan fingerprint density at radius 1 is 1.46 bits per heavy atom. The van der Waals surface area contributed by atoms with Gasteiger partial charge in [0.05, 0.1) is 0 Å². The molecule has 0 amide bonds. The number of hydrogen-bond donors (Lipinski definition) is 0. The van der Waals surface area contributed by atoms with Gasteiger partial charge in [0.1, 0.15) is 5.82 Å². The van der Waals surface area contributed by atoms with Gasteiger partial charge < -0.3 is 4.90 Å². The Morgan fingerprint density at radius 3 is 2.62 bits per heavy atom. The van der Waals surface area contributed by atoms with E-state index in [0.29, 0.717) is 0 Å². The van der Waals surface area contributed by atoms with Crippen LogP contribution in [0.3, 0.4) is 0 Å². The van der Waals surface area contributed by atoms with Gasteiger partial charge in [-0.1, -0.05) is 0 Å². The van der Waals surface area contributed by atoms with Gasteiger partial charge >= 0.3 is 5.69 Å². The topological polar surface area (TPSA) is 37.9 Å². The molecule has 70 valence electrons.